The minimum Gasteiger partial charge on any atom is -0.336 e. The van der Waals surface area contributed by atoms with Crippen molar-refractivity contribution in [2.75, 3.05) is 32.7 Å². The number of amides is 1. The predicted molar refractivity (Wildman–Crippen MR) is 124 cm³/mol. The molecule has 1 aliphatic rings. The fraction of sp³-hybridized carbons (Fsp3) is 0.231. The Balaban J connectivity index is 1.22. The molecule has 2 heterocycles. The fourth-order valence-electron chi connectivity index (χ4n) is 4.23. The van der Waals surface area contributed by atoms with Crippen LogP contribution in [0.25, 0.3) is 16.7 Å². The normalized spacial score (nSPS) is 14.8. The zero-order valence-corrected chi connectivity index (χ0v) is 17.5. The molecule has 1 aliphatic heterocycles. The van der Waals surface area contributed by atoms with Crippen LogP contribution in [-0.2, 0) is 6.42 Å². The second-order valence-corrected chi connectivity index (χ2v) is 8.02. The van der Waals surface area contributed by atoms with Crippen molar-refractivity contribution in [1.82, 2.24) is 19.4 Å². The molecule has 31 heavy (non-hydrogen) atoms. The molecule has 0 aliphatic carbocycles. The largest absolute Gasteiger partial charge is 0.336 e. The molecule has 0 unspecified atom stereocenters. The van der Waals surface area contributed by atoms with Crippen molar-refractivity contribution in [2.24, 2.45) is 0 Å². The van der Waals surface area contributed by atoms with Crippen LogP contribution in [-0.4, -0.2) is 58.0 Å². The lowest BCUT2D eigenvalue weighted by Crippen LogP contribution is -2.49. The summed E-state index contributed by atoms with van der Waals surface area (Å²) in [6.45, 7) is 4.41. The molecule has 1 saturated heterocycles. The topological polar surface area (TPSA) is 41.4 Å². The summed E-state index contributed by atoms with van der Waals surface area (Å²) < 4.78 is 2.05. The number of nitrogens with zero attached hydrogens (tertiary/aromatic N) is 4. The van der Waals surface area contributed by atoms with Crippen LogP contribution in [0.5, 0.6) is 0 Å². The van der Waals surface area contributed by atoms with Crippen LogP contribution in [0.2, 0.25) is 0 Å². The molecule has 0 atom stereocenters. The van der Waals surface area contributed by atoms with Gasteiger partial charge in [-0.3, -0.25) is 14.3 Å². The molecule has 1 aromatic heterocycles. The third kappa shape index (κ3) is 4.23. The first kappa shape index (κ1) is 19.5. The van der Waals surface area contributed by atoms with Crippen LogP contribution in [0.3, 0.4) is 0 Å². The highest BCUT2D eigenvalue weighted by molar-refractivity contribution is 5.97. The van der Waals surface area contributed by atoms with Gasteiger partial charge >= 0.3 is 0 Å². The van der Waals surface area contributed by atoms with Gasteiger partial charge in [-0.25, -0.2) is 4.98 Å². The number of rotatable bonds is 5. The van der Waals surface area contributed by atoms with Crippen molar-refractivity contribution in [1.29, 1.82) is 0 Å². The molecule has 0 radical (unpaired) electrons. The van der Waals surface area contributed by atoms with E-state index in [0.29, 0.717) is 5.56 Å². The Kier molecular flexibility index (Phi) is 5.50. The number of aromatic nitrogens is 2. The molecule has 1 fully saturated rings. The van der Waals surface area contributed by atoms with Crippen molar-refractivity contribution in [3.63, 3.8) is 0 Å². The number of carbonyl (C=O) groups is 1. The first-order valence-corrected chi connectivity index (χ1v) is 10.9. The third-order valence-corrected chi connectivity index (χ3v) is 6.05. The number of piperazine rings is 1. The zero-order valence-electron chi connectivity index (χ0n) is 17.5. The van der Waals surface area contributed by atoms with Crippen molar-refractivity contribution < 1.29 is 4.79 Å². The van der Waals surface area contributed by atoms with Crippen molar-refractivity contribution in [3.8, 4) is 5.69 Å². The van der Waals surface area contributed by atoms with E-state index in [1.54, 1.807) is 0 Å². The number of benzene rings is 3. The molecule has 0 spiro atoms. The zero-order chi connectivity index (χ0) is 21.0. The Morgan fingerprint density at radius 2 is 1.55 bits per heavy atom. The van der Waals surface area contributed by atoms with Crippen LogP contribution in [0.4, 0.5) is 0 Å². The lowest BCUT2D eigenvalue weighted by molar-refractivity contribution is 0.0638. The summed E-state index contributed by atoms with van der Waals surface area (Å²) in [6.07, 6.45) is 2.87. The highest BCUT2D eigenvalue weighted by Gasteiger charge is 2.22. The van der Waals surface area contributed by atoms with E-state index < -0.39 is 0 Å². The van der Waals surface area contributed by atoms with E-state index in [4.69, 9.17) is 0 Å². The monoisotopic (exact) mass is 410 g/mol. The van der Waals surface area contributed by atoms with Crippen LogP contribution >= 0.6 is 0 Å². The molecule has 5 nitrogen and oxygen atoms in total. The van der Waals surface area contributed by atoms with Gasteiger partial charge in [0.05, 0.1) is 11.0 Å². The molecule has 0 saturated carbocycles. The lowest BCUT2D eigenvalue weighted by Gasteiger charge is -2.34. The quantitative estimate of drug-likeness (QED) is 0.499. The third-order valence-electron chi connectivity index (χ3n) is 6.05. The fourth-order valence-corrected chi connectivity index (χ4v) is 4.23. The van der Waals surface area contributed by atoms with Crippen LogP contribution in [0.1, 0.15) is 15.9 Å². The van der Waals surface area contributed by atoms with E-state index in [1.165, 1.54) is 5.56 Å². The highest BCUT2D eigenvalue weighted by atomic mass is 16.2. The smallest absolute Gasteiger partial charge is 0.254 e. The van der Waals surface area contributed by atoms with E-state index in [-0.39, 0.29) is 5.91 Å². The summed E-state index contributed by atoms with van der Waals surface area (Å²) in [6, 6.07) is 26.6. The molecule has 3 aromatic carbocycles. The van der Waals surface area contributed by atoms with Gasteiger partial charge in [0, 0.05) is 44.0 Å². The number of fused-ring (bicyclic) bond motifs is 1. The number of hydrogen-bond acceptors (Lipinski definition) is 3. The Morgan fingerprint density at radius 1 is 0.839 bits per heavy atom. The first-order valence-electron chi connectivity index (χ1n) is 10.9. The van der Waals surface area contributed by atoms with Crippen molar-refractivity contribution >= 4 is 16.9 Å². The highest BCUT2D eigenvalue weighted by Crippen LogP contribution is 2.20. The Hall–Kier alpha value is -3.44. The summed E-state index contributed by atoms with van der Waals surface area (Å²) in [7, 11) is 0. The molecule has 5 heteroatoms. The Labute approximate surface area is 182 Å². The molecule has 1 amide bonds. The van der Waals surface area contributed by atoms with Crippen LogP contribution < -0.4 is 0 Å². The van der Waals surface area contributed by atoms with E-state index in [0.717, 1.165) is 55.9 Å². The molecular weight excluding hydrogens is 384 g/mol. The van der Waals surface area contributed by atoms with Crippen LogP contribution in [0, 0.1) is 0 Å². The maximum atomic E-state index is 13.1. The van der Waals surface area contributed by atoms with Gasteiger partial charge < -0.3 is 4.90 Å². The summed E-state index contributed by atoms with van der Waals surface area (Å²) in [4.78, 5) is 22.0. The van der Waals surface area contributed by atoms with E-state index in [9.17, 15) is 4.79 Å². The molecule has 156 valence electrons. The van der Waals surface area contributed by atoms with Crippen molar-refractivity contribution in [3.05, 3.63) is 96.3 Å². The van der Waals surface area contributed by atoms with Gasteiger partial charge in [-0.15, -0.1) is 0 Å². The summed E-state index contributed by atoms with van der Waals surface area (Å²) >= 11 is 0. The molecule has 0 bridgehead atoms. The summed E-state index contributed by atoms with van der Waals surface area (Å²) in [5, 5.41) is 0. The van der Waals surface area contributed by atoms with Gasteiger partial charge in [0.15, 0.2) is 0 Å². The van der Waals surface area contributed by atoms with Gasteiger partial charge in [-0.1, -0.05) is 48.5 Å². The second-order valence-electron chi connectivity index (χ2n) is 8.02. The molecule has 4 aromatic rings. The standard InChI is InChI=1S/C26H26N4O/c31-26(29-17-15-28(16-18-29)14-13-21-7-3-1-4-8-21)22-11-12-25-24(19-22)27-20-30(25)23-9-5-2-6-10-23/h1-12,19-20H,13-18H2. The van der Waals surface area contributed by atoms with E-state index in [2.05, 4.69) is 56.9 Å². The van der Waals surface area contributed by atoms with Gasteiger partial charge in [0.25, 0.3) is 5.91 Å². The molecule has 0 N–H and O–H groups in total. The summed E-state index contributed by atoms with van der Waals surface area (Å²) in [5.74, 6) is 0.0962. The average molecular weight is 411 g/mol. The Bertz CT molecular complexity index is 1160. The van der Waals surface area contributed by atoms with Gasteiger partial charge in [0.1, 0.15) is 6.33 Å². The number of imidazole rings is 1. The lowest BCUT2D eigenvalue weighted by atomic mass is 10.1. The van der Waals surface area contributed by atoms with Crippen molar-refractivity contribution in [2.45, 2.75) is 6.42 Å². The van der Waals surface area contributed by atoms with E-state index >= 15 is 0 Å². The number of para-hydroxylation sites is 1. The minimum absolute atomic E-state index is 0.0962. The summed E-state index contributed by atoms with van der Waals surface area (Å²) in [5.41, 5.74) is 4.99. The maximum absolute atomic E-state index is 13.1. The predicted octanol–water partition coefficient (Wildman–Crippen LogP) is 4.03. The number of hydrogen-bond donors (Lipinski definition) is 0. The maximum Gasteiger partial charge on any atom is 0.254 e. The van der Waals surface area contributed by atoms with Gasteiger partial charge in [0.2, 0.25) is 0 Å². The SMILES string of the molecule is O=C(c1ccc2c(c1)ncn2-c1ccccc1)N1CCN(CCc2ccccc2)CC1. The van der Waals surface area contributed by atoms with Gasteiger partial charge in [-0.05, 0) is 42.3 Å². The minimum atomic E-state index is 0.0962. The van der Waals surface area contributed by atoms with E-state index in [1.807, 2.05) is 47.6 Å². The molecule has 5 rings (SSSR count). The second kappa shape index (κ2) is 8.74. The molecular formula is C26H26N4O. The van der Waals surface area contributed by atoms with Crippen LogP contribution in [0.15, 0.2) is 85.2 Å². The van der Waals surface area contributed by atoms with Gasteiger partial charge in [-0.2, -0.15) is 0 Å². The Morgan fingerprint density at radius 3 is 2.29 bits per heavy atom. The number of carbonyl (C=O) groups excluding carboxylic acids is 1. The first-order chi connectivity index (χ1) is 15.3. The average Bonchev–Trinajstić information content (AvgIpc) is 3.27.